The van der Waals surface area contributed by atoms with Gasteiger partial charge in [0.15, 0.2) is 6.61 Å². The zero-order chi connectivity index (χ0) is 22.6. The van der Waals surface area contributed by atoms with Crippen molar-refractivity contribution in [2.75, 3.05) is 25.6 Å². The lowest BCUT2D eigenvalue weighted by atomic mass is 10.0. The van der Waals surface area contributed by atoms with Crippen molar-refractivity contribution >= 4 is 28.6 Å². The van der Waals surface area contributed by atoms with Crippen molar-refractivity contribution in [3.63, 3.8) is 0 Å². The predicted octanol–water partition coefficient (Wildman–Crippen LogP) is 3.92. The number of hydrogen-bond donors (Lipinski definition) is 2. The van der Waals surface area contributed by atoms with E-state index in [1.807, 2.05) is 48.7 Å². The second-order valence-corrected chi connectivity index (χ2v) is 8.34. The summed E-state index contributed by atoms with van der Waals surface area (Å²) in [7, 11) is 1.67. The Morgan fingerprint density at radius 2 is 2.15 bits per heavy atom. The molecule has 0 saturated carbocycles. The smallest absolute Gasteiger partial charge is 0.262 e. The number of carbonyl (C=O) groups excluding carboxylic acids is 1. The number of carbonyl (C=O) groups is 1. The minimum Gasteiger partial charge on any atom is -0.497 e. The van der Waals surface area contributed by atoms with Crippen LogP contribution in [-0.4, -0.2) is 43.4 Å². The first kappa shape index (κ1) is 21.4. The van der Waals surface area contributed by atoms with E-state index in [4.69, 9.17) is 14.2 Å². The quantitative estimate of drug-likeness (QED) is 0.599. The van der Waals surface area contributed by atoms with E-state index < -0.39 is 0 Å². The minimum atomic E-state index is -0.119. The fraction of sp³-hybridized carbons (Fsp3) is 0.308. The number of hydrogen-bond acceptors (Lipinski definition) is 6. The van der Waals surface area contributed by atoms with Crippen LogP contribution in [0.5, 0.6) is 11.5 Å². The molecular formula is C26H27N3O4. The van der Waals surface area contributed by atoms with Crippen LogP contribution in [0, 0.1) is 0 Å². The molecule has 2 aliphatic rings. The summed E-state index contributed by atoms with van der Waals surface area (Å²) < 4.78 is 16.9. The number of nitrogens with zero attached hydrogens (tertiary/aromatic N) is 1. The van der Waals surface area contributed by atoms with Gasteiger partial charge in [0, 0.05) is 24.2 Å². The molecule has 7 nitrogen and oxygen atoms in total. The lowest BCUT2D eigenvalue weighted by Crippen LogP contribution is -2.39. The molecule has 0 bridgehead atoms. The molecular weight excluding hydrogens is 418 g/mol. The maximum Gasteiger partial charge on any atom is 0.262 e. The first-order chi connectivity index (χ1) is 16.2. The van der Waals surface area contributed by atoms with E-state index in [2.05, 4.69) is 27.8 Å². The Balaban J connectivity index is 1.15. The zero-order valence-electron chi connectivity index (χ0n) is 18.5. The largest absolute Gasteiger partial charge is 0.497 e. The van der Waals surface area contributed by atoms with Crippen LogP contribution in [-0.2, 0) is 16.1 Å². The number of benzene rings is 2. The molecule has 2 atom stereocenters. The average molecular weight is 446 g/mol. The summed E-state index contributed by atoms with van der Waals surface area (Å²) in [5, 5.41) is 7.48. The number of nitrogens with one attached hydrogen (secondary N) is 2. The molecule has 2 N–H and O–H groups in total. The van der Waals surface area contributed by atoms with Crippen molar-refractivity contribution in [3.8, 4) is 11.5 Å². The topological polar surface area (TPSA) is 81.7 Å². The van der Waals surface area contributed by atoms with E-state index in [0.29, 0.717) is 19.2 Å². The van der Waals surface area contributed by atoms with Crippen molar-refractivity contribution in [1.29, 1.82) is 0 Å². The highest BCUT2D eigenvalue weighted by atomic mass is 16.5. The molecule has 0 radical (unpaired) electrons. The molecule has 0 unspecified atom stereocenters. The van der Waals surface area contributed by atoms with E-state index in [-0.39, 0.29) is 18.6 Å². The Morgan fingerprint density at radius 1 is 1.21 bits per heavy atom. The molecule has 2 aliphatic heterocycles. The van der Waals surface area contributed by atoms with Crippen molar-refractivity contribution < 1.29 is 19.0 Å². The van der Waals surface area contributed by atoms with Crippen molar-refractivity contribution in [1.82, 2.24) is 10.3 Å². The SMILES string of the molecule is COc1ccc2nccc(/C=C/[C@@H]3CC[C@@H](NCc4ccc5c(c4)NC(=O)CO5)CO3)c2c1. The van der Waals surface area contributed by atoms with Crippen LogP contribution in [0.15, 0.2) is 54.7 Å². The summed E-state index contributed by atoms with van der Waals surface area (Å²) >= 11 is 0. The van der Waals surface area contributed by atoms with Crippen LogP contribution in [0.2, 0.25) is 0 Å². The maximum atomic E-state index is 11.5. The zero-order valence-corrected chi connectivity index (χ0v) is 18.5. The van der Waals surface area contributed by atoms with Crippen LogP contribution in [0.4, 0.5) is 5.69 Å². The van der Waals surface area contributed by atoms with Crippen LogP contribution >= 0.6 is 0 Å². The maximum absolute atomic E-state index is 11.5. The third-order valence-electron chi connectivity index (χ3n) is 6.06. The number of anilines is 1. The van der Waals surface area contributed by atoms with Crippen LogP contribution in [0.3, 0.4) is 0 Å². The number of amides is 1. The number of rotatable bonds is 6. The van der Waals surface area contributed by atoms with E-state index in [0.717, 1.165) is 52.1 Å². The third kappa shape index (κ3) is 4.99. The molecule has 0 aliphatic carbocycles. The summed E-state index contributed by atoms with van der Waals surface area (Å²) in [6.45, 7) is 1.44. The summed E-state index contributed by atoms with van der Waals surface area (Å²) in [6.07, 6.45) is 8.16. The Morgan fingerprint density at radius 3 is 3.00 bits per heavy atom. The summed E-state index contributed by atoms with van der Waals surface area (Å²) in [5.41, 5.74) is 3.88. The second kappa shape index (κ2) is 9.60. The van der Waals surface area contributed by atoms with Crippen LogP contribution in [0.1, 0.15) is 24.0 Å². The van der Waals surface area contributed by atoms with Crippen molar-refractivity contribution in [2.45, 2.75) is 31.5 Å². The fourth-order valence-corrected chi connectivity index (χ4v) is 4.22. The minimum absolute atomic E-state index is 0.0746. The summed E-state index contributed by atoms with van der Waals surface area (Å²) in [4.78, 5) is 16.0. The van der Waals surface area contributed by atoms with E-state index in [1.54, 1.807) is 7.11 Å². The van der Waals surface area contributed by atoms with Gasteiger partial charge in [-0.2, -0.15) is 0 Å². The van der Waals surface area contributed by atoms with Crippen LogP contribution in [0.25, 0.3) is 17.0 Å². The molecule has 2 aromatic carbocycles. The highest BCUT2D eigenvalue weighted by Crippen LogP contribution is 2.29. The van der Waals surface area contributed by atoms with Crippen molar-refractivity contribution in [3.05, 3.63) is 65.9 Å². The first-order valence-electron chi connectivity index (χ1n) is 11.2. The van der Waals surface area contributed by atoms with Gasteiger partial charge in [-0.1, -0.05) is 18.2 Å². The number of fused-ring (bicyclic) bond motifs is 2. The highest BCUT2D eigenvalue weighted by molar-refractivity contribution is 5.95. The molecule has 3 aromatic rings. The Labute approximate surface area is 192 Å². The molecule has 0 spiro atoms. The highest BCUT2D eigenvalue weighted by Gasteiger charge is 2.20. The van der Waals surface area contributed by atoms with E-state index in [9.17, 15) is 4.79 Å². The lowest BCUT2D eigenvalue weighted by Gasteiger charge is -2.28. The van der Waals surface area contributed by atoms with Gasteiger partial charge in [0.2, 0.25) is 0 Å². The van der Waals surface area contributed by atoms with E-state index >= 15 is 0 Å². The number of pyridine rings is 1. The second-order valence-electron chi connectivity index (χ2n) is 8.34. The van der Waals surface area contributed by atoms with Gasteiger partial charge in [0.1, 0.15) is 11.5 Å². The fourth-order valence-electron chi connectivity index (χ4n) is 4.22. The monoisotopic (exact) mass is 445 g/mol. The molecule has 170 valence electrons. The normalized spacial score (nSPS) is 20.3. The van der Waals surface area contributed by atoms with Gasteiger partial charge < -0.3 is 24.8 Å². The number of methoxy groups -OCH3 is 1. The molecule has 7 heteroatoms. The molecule has 5 rings (SSSR count). The number of ether oxygens (including phenoxy) is 3. The number of aromatic nitrogens is 1. The van der Waals surface area contributed by atoms with Crippen LogP contribution < -0.4 is 20.1 Å². The summed E-state index contributed by atoms with van der Waals surface area (Å²) in [6, 6.07) is 14.1. The van der Waals surface area contributed by atoms with Gasteiger partial charge in [-0.05, 0) is 60.4 Å². The molecule has 1 amide bonds. The molecule has 1 saturated heterocycles. The molecule has 1 aromatic heterocycles. The Bertz CT molecular complexity index is 1190. The van der Waals surface area contributed by atoms with E-state index in [1.165, 1.54) is 0 Å². The average Bonchev–Trinajstić information content (AvgIpc) is 2.86. The van der Waals surface area contributed by atoms with Gasteiger partial charge in [0.25, 0.3) is 5.91 Å². The molecule has 33 heavy (non-hydrogen) atoms. The Hall–Kier alpha value is -3.42. The van der Waals surface area contributed by atoms with Gasteiger partial charge in [-0.15, -0.1) is 0 Å². The summed E-state index contributed by atoms with van der Waals surface area (Å²) in [5.74, 6) is 1.42. The first-order valence-corrected chi connectivity index (χ1v) is 11.2. The third-order valence-corrected chi connectivity index (χ3v) is 6.06. The molecule has 1 fully saturated rings. The molecule has 3 heterocycles. The predicted molar refractivity (Wildman–Crippen MR) is 127 cm³/mol. The van der Waals surface area contributed by atoms with Gasteiger partial charge in [-0.3, -0.25) is 9.78 Å². The van der Waals surface area contributed by atoms with Crippen molar-refractivity contribution in [2.24, 2.45) is 0 Å². The lowest BCUT2D eigenvalue weighted by molar-refractivity contribution is -0.118. The van der Waals surface area contributed by atoms with Gasteiger partial charge in [0.05, 0.1) is 31.0 Å². The van der Waals surface area contributed by atoms with Gasteiger partial charge in [-0.25, -0.2) is 0 Å². The standard InChI is InChI=1S/C26H27N3O4/c1-31-21-7-8-23-22(13-21)18(10-11-27-23)3-5-20-6-4-19(15-32-20)28-14-17-2-9-25-24(12-17)29-26(30)16-33-25/h2-3,5,7-13,19-20,28H,4,6,14-16H2,1H3,(H,29,30)/b5-3+/t19-,20-/m1/s1. The Kier molecular flexibility index (Phi) is 6.24. The van der Waals surface area contributed by atoms with Gasteiger partial charge >= 0.3 is 0 Å².